The van der Waals surface area contributed by atoms with E-state index in [-0.39, 0.29) is 0 Å². The van der Waals surface area contributed by atoms with Crippen LogP contribution >= 0.6 is 15.9 Å². The molecule has 0 unspecified atom stereocenters. The number of aryl methyl sites for hydroxylation is 1. The Balaban J connectivity index is 2.15. The molecule has 2 aromatic carbocycles. The number of benzene rings is 2. The average molecular weight is 262 g/mol. The van der Waals surface area contributed by atoms with Gasteiger partial charge in [-0.25, -0.2) is 0 Å². The second kappa shape index (κ2) is 4.49. The molecule has 75 valence electrons. The molecule has 15 heavy (non-hydrogen) atoms. The lowest BCUT2D eigenvalue weighted by molar-refractivity contribution is 0.482. The van der Waals surface area contributed by atoms with Gasteiger partial charge in [0.25, 0.3) is 0 Å². The zero-order valence-corrected chi connectivity index (χ0v) is 9.91. The zero-order chi connectivity index (χ0) is 10.7. The summed E-state index contributed by atoms with van der Waals surface area (Å²) in [5.74, 6) is 1.64. The summed E-state index contributed by atoms with van der Waals surface area (Å²) in [6, 6.07) is 16.6. The van der Waals surface area contributed by atoms with Crippen molar-refractivity contribution in [2.24, 2.45) is 0 Å². The summed E-state index contributed by atoms with van der Waals surface area (Å²) in [5.41, 5.74) is 1.23. The van der Waals surface area contributed by atoms with Crippen LogP contribution in [0.25, 0.3) is 0 Å². The zero-order valence-electron chi connectivity index (χ0n) is 8.33. The van der Waals surface area contributed by atoms with Gasteiger partial charge in [0.15, 0.2) is 0 Å². The Hall–Kier alpha value is -1.28. The molecule has 0 saturated carbocycles. The predicted octanol–water partition coefficient (Wildman–Crippen LogP) is 4.35. The largest absolute Gasteiger partial charge is 0.457 e. The summed E-state index contributed by atoms with van der Waals surface area (Å²) in [4.78, 5) is 0. The number of hydrogen-bond acceptors (Lipinski definition) is 1. The monoisotopic (exact) mass is 261 g/mol. The Morgan fingerprint density at radius 3 is 2.27 bits per heavy atom. The standard InChI is InChI=1S/C13H10BrO/c1-10-2-6-12(7-3-10)15-13-8-4-11(14)5-9-13/h2-4,6-9H,1H3. The molecule has 2 aromatic rings. The summed E-state index contributed by atoms with van der Waals surface area (Å²) in [5, 5.41) is 0. The molecule has 1 nitrogen and oxygen atoms in total. The van der Waals surface area contributed by atoms with Crippen molar-refractivity contribution in [1.29, 1.82) is 0 Å². The molecule has 0 heterocycles. The molecule has 0 fully saturated rings. The normalized spacial score (nSPS) is 10.0. The minimum atomic E-state index is 0.794. The van der Waals surface area contributed by atoms with E-state index in [1.807, 2.05) is 42.5 Å². The van der Waals surface area contributed by atoms with Gasteiger partial charge >= 0.3 is 0 Å². The second-order valence-corrected chi connectivity index (χ2v) is 4.14. The van der Waals surface area contributed by atoms with Crippen LogP contribution in [0.2, 0.25) is 0 Å². The van der Waals surface area contributed by atoms with Crippen molar-refractivity contribution >= 4 is 15.9 Å². The molecule has 0 amide bonds. The molecule has 0 N–H and O–H groups in total. The first-order valence-corrected chi connectivity index (χ1v) is 5.45. The highest BCUT2D eigenvalue weighted by atomic mass is 79.9. The van der Waals surface area contributed by atoms with Gasteiger partial charge in [-0.15, -0.1) is 0 Å². The molecule has 0 aliphatic rings. The Labute approximate surface area is 97.8 Å². The van der Waals surface area contributed by atoms with Crippen LogP contribution in [-0.4, -0.2) is 0 Å². The summed E-state index contributed by atoms with van der Waals surface area (Å²) in [7, 11) is 0. The summed E-state index contributed by atoms with van der Waals surface area (Å²) in [6.45, 7) is 2.05. The highest BCUT2D eigenvalue weighted by Gasteiger charge is 1.96. The van der Waals surface area contributed by atoms with Crippen molar-refractivity contribution in [2.45, 2.75) is 6.92 Å². The Morgan fingerprint density at radius 2 is 1.67 bits per heavy atom. The first-order valence-electron chi connectivity index (χ1n) is 4.66. The van der Waals surface area contributed by atoms with Crippen LogP contribution in [-0.2, 0) is 0 Å². The smallest absolute Gasteiger partial charge is 0.128 e. The van der Waals surface area contributed by atoms with Gasteiger partial charge in [-0.3, -0.25) is 0 Å². The molecule has 0 atom stereocenters. The van der Waals surface area contributed by atoms with Crippen molar-refractivity contribution in [3.63, 3.8) is 0 Å². The van der Waals surface area contributed by atoms with E-state index in [4.69, 9.17) is 4.74 Å². The minimum absolute atomic E-state index is 0.794. The Kier molecular flexibility index (Phi) is 3.07. The molecular formula is C13H10BrO. The fourth-order valence-corrected chi connectivity index (χ4v) is 1.44. The van der Waals surface area contributed by atoms with Gasteiger partial charge in [0.05, 0.1) is 0 Å². The second-order valence-electron chi connectivity index (χ2n) is 3.29. The first kappa shape index (κ1) is 10.2. The third kappa shape index (κ3) is 2.83. The molecule has 0 spiro atoms. The molecule has 1 radical (unpaired) electrons. The minimum Gasteiger partial charge on any atom is -0.457 e. The lowest BCUT2D eigenvalue weighted by atomic mass is 10.2. The Bertz CT molecular complexity index is 388. The van der Waals surface area contributed by atoms with E-state index in [2.05, 4.69) is 28.9 Å². The van der Waals surface area contributed by atoms with Gasteiger partial charge < -0.3 is 4.74 Å². The maximum Gasteiger partial charge on any atom is 0.128 e. The van der Waals surface area contributed by atoms with E-state index >= 15 is 0 Å². The van der Waals surface area contributed by atoms with Crippen molar-refractivity contribution in [1.82, 2.24) is 0 Å². The number of rotatable bonds is 2. The van der Waals surface area contributed by atoms with Crippen LogP contribution in [0.4, 0.5) is 0 Å². The molecule has 0 aliphatic carbocycles. The SMILES string of the molecule is Cc1ccc(Oc2c[c]c(Br)cc2)cc1. The fourth-order valence-electron chi connectivity index (χ4n) is 1.20. The van der Waals surface area contributed by atoms with E-state index in [0.717, 1.165) is 16.0 Å². The van der Waals surface area contributed by atoms with E-state index in [1.54, 1.807) is 0 Å². The summed E-state index contributed by atoms with van der Waals surface area (Å²) in [6.07, 6.45) is 0. The van der Waals surface area contributed by atoms with Gasteiger partial charge in [-0.05, 0) is 37.3 Å². The van der Waals surface area contributed by atoms with Crippen molar-refractivity contribution in [3.8, 4) is 11.5 Å². The van der Waals surface area contributed by atoms with Crippen LogP contribution in [0.15, 0.2) is 46.9 Å². The maximum atomic E-state index is 5.64. The van der Waals surface area contributed by atoms with Gasteiger partial charge in [0.1, 0.15) is 11.5 Å². The molecule has 0 bridgehead atoms. The van der Waals surface area contributed by atoms with Crippen molar-refractivity contribution in [3.05, 3.63) is 58.6 Å². The van der Waals surface area contributed by atoms with E-state index in [9.17, 15) is 0 Å². The summed E-state index contributed by atoms with van der Waals surface area (Å²) >= 11 is 3.33. The predicted molar refractivity (Wildman–Crippen MR) is 64.2 cm³/mol. The van der Waals surface area contributed by atoms with Crippen molar-refractivity contribution in [2.75, 3.05) is 0 Å². The highest BCUT2D eigenvalue weighted by Crippen LogP contribution is 2.22. The lowest BCUT2D eigenvalue weighted by Crippen LogP contribution is -1.83. The molecular weight excluding hydrogens is 252 g/mol. The van der Waals surface area contributed by atoms with E-state index < -0.39 is 0 Å². The van der Waals surface area contributed by atoms with Crippen LogP contribution in [0.5, 0.6) is 11.5 Å². The Morgan fingerprint density at radius 1 is 1.00 bits per heavy atom. The van der Waals surface area contributed by atoms with Gasteiger partial charge in [-0.1, -0.05) is 33.6 Å². The molecule has 0 aliphatic heterocycles. The molecule has 2 rings (SSSR count). The first-order chi connectivity index (χ1) is 7.24. The maximum absolute atomic E-state index is 5.64. The van der Waals surface area contributed by atoms with Crippen LogP contribution in [0, 0.1) is 13.0 Å². The van der Waals surface area contributed by atoms with Crippen molar-refractivity contribution < 1.29 is 4.74 Å². The average Bonchev–Trinajstić information content (AvgIpc) is 2.25. The van der Waals surface area contributed by atoms with Crippen LogP contribution in [0.1, 0.15) is 5.56 Å². The third-order valence-electron chi connectivity index (χ3n) is 2.00. The number of halogens is 1. The third-order valence-corrected chi connectivity index (χ3v) is 2.50. The fraction of sp³-hybridized carbons (Fsp3) is 0.0769. The van der Waals surface area contributed by atoms with Gasteiger partial charge in [0, 0.05) is 10.5 Å². The molecule has 2 heteroatoms. The van der Waals surface area contributed by atoms with Gasteiger partial charge in [-0.2, -0.15) is 0 Å². The molecule has 0 aromatic heterocycles. The van der Waals surface area contributed by atoms with Crippen LogP contribution in [0.3, 0.4) is 0 Å². The molecule has 0 saturated heterocycles. The number of hydrogen-bond donors (Lipinski definition) is 0. The van der Waals surface area contributed by atoms with Crippen LogP contribution < -0.4 is 4.74 Å². The van der Waals surface area contributed by atoms with E-state index in [0.29, 0.717) is 0 Å². The summed E-state index contributed by atoms with van der Waals surface area (Å²) < 4.78 is 6.57. The number of ether oxygens (including phenoxy) is 1. The van der Waals surface area contributed by atoms with Gasteiger partial charge in [0.2, 0.25) is 0 Å². The lowest BCUT2D eigenvalue weighted by Gasteiger charge is -2.05. The highest BCUT2D eigenvalue weighted by molar-refractivity contribution is 9.10. The quantitative estimate of drug-likeness (QED) is 0.781. The topological polar surface area (TPSA) is 9.23 Å². The van der Waals surface area contributed by atoms with E-state index in [1.165, 1.54) is 5.56 Å².